The normalized spacial score (nSPS) is 10.7. The second-order valence-corrected chi connectivity index (χ2v) is 6.02. The Morgan fingerprint density at radius 1 is 1.13 bits per heavy atom. The summed E-state index contributed by atoms with van der Waals surface area (Å²) in [7, 11) is -2.37. The van der Waals surface area contributed by atoms with Crippen LogP contribution in [-0.2, 0) is 24.3 Å². The van der Waals surface area contributed by atoms with Gasteiger partial charge in [0.25, 0.3) is 5.91 Å². The van der Waals surface area contributed by atoms with Gasteiger partial charge in [-0.2, -0.15) is 0 Å². The van der Waals surface area contributed by atoms with Gasteiger partial charge in [0.2, 0.25) is 10.0 Å². The maximum atomic E-state index is 11.9. The van der Waals surface area contributed by atoms with Gasteiger partial charge in [0.1, 0.15) is 0 Å². The smallest absolute Gasteiger partial charge is 0.321 e. The molecule has 0 saturated carbocycles. The molecule has 10 heteroatoms. The molecule has 0 aromatic heterocycles. The third-order valence-corrected chi connectivity index (χ3v) is 4.00. The van der Waals surface area contributed by atoms with Gasteiger partial charge in [0, 0.05) is 13.6 Å². The van der Waals surface area contributed by atoms with Crippen molar-refractivity contribution in [2.75, 3.05) is 20.2 Å². The number of sulfonamides is 1. The van der Waals surface area contributed by atoms with Gasteiger partial charge in [-0.1, -0.05) is 18.2 Å². The molecule has 1 aromatic carbocycles. The predicted molar refractivity (Wildman–Crippen MR) is 79.8 cm³/mol. The van der Waals surface area contributed by atoms with Crippen LogP contribution in [0.4, 0.5) is 4.79 Å². The maximum absolute atomic E-state index is 11.9. The van der Waals surface area contributed by atoms with Crippen LogP contribution in [0.25, 0.3) is 0 Å². The van der Waals surface area contributed by atoms with Crippen LogP contribution in [0.2, 0.25) is 0 Å². The van der Waals surface area contributed by atoms with E-state index in [1.807, 2.05) is 5.32 Å². The Balaban J connectivity index is 2.32. The van der Waals surface area contributed by atoms with E-state index in [9.17, 15) is 22.8 Å². The van der Waals surface area contributed by atoms with E-state index in [-0.39, 0.29) is 17.9 Å². The SMILES string of the molecule is CNC(=O)NC(=O)COC(=O)CCNS(=O)(=O)c1ccccc1. The lowest BCUT2D eigenvalue weighted by atomic mass is 10.4. The van der Waals surface area contributed by atoms with Crippen molar-refractivity contribution in [3.63, 3.8) is 0 Å². The number of rotatable bonds is 7. The number of carbonyl (C=O) groups is 3. The lowest BCUT2D eigenvalue weighted by Gasteiger charge is -2.07. The molecule has 23 heavy (non-hydrogen) atoms. The standard InChI is InChI=1S/C13H17N3O6S/c1-14-13(19)16-11(17)9-22-12(18)7-8-15-23(20,21)10-5-3-2-4-6-10/h2-6,15H,7-9H2,1H3,(H2,14,16,17,19). The molecular weight excluding hydrogens is 326 g/mol. The Hall–Kier alpha value is -2.46. The van der Waals surface area contributed by atoms with E-state index in [4.69, 9.17) is 0 Å². The highest BCUT2D eigenvalue weighted by Gasteiger charge is 2.14. The number of nitrogens with one attached hydrogen (secondary N) is 3. The van der Waals surface area contributed by atoms with E-state index in [1.165, 1.54) is 19.2 Å². The van der Waals surface area contributed by atoms with Gasteiger partial charge >= 0.3 is 12.0 Å². The van der Waals surface area contributed by atoms with Gasteiger partial charge < -0.3 is 10.1 Å². The van der Waals surface area contributed by atoms with Gasteiger partial charge in [-0.25, -0.2) is 17.9 Å². The van der Waals surface area contributed by atoms with Crippen LogP contribution >= 0.6 is 0 Å². The number of hydrogen-bond donors (Lipinski definition) is 3. The molecular formula is C13H17N3O6S. The van der Waals surface area contributed by atoms with E-state index < -0.39 is 34.5 Å². The first-order valence-corrected chi connectivity index (χ1v) is 8.05. The summed E-state index contributed by atoms with van der Waals surface area (Å²) in [5.41, 5.74) is 0. The molecule has 0 heterocycles. The Morgan fingerprint density at radius 3 is 2.39 bits per heavy atom. The number of hydrogen-bond acceptors (Lipinski definition) is 6. The van der Waals surface area contributed by atoms with Crippen LogP contribution in [0.15, 0.2) is 35.2 Å². The van der Waals surface area contributed by atoms with Crippen LogP contribution in [-0.4, -0.2) is 46.5 Å². The number of amides is 3. The third-order valence-electron chi connectivity index (χ3n) is 2.52. The molecule has 0 atom stereocenters. The summed E-state index contributed by atoms with van der Waals surface area (Å²) in [5.74, 6) is -1.56. The molecule has 0 bridgehead atoms. The van der Waals surface area contributed by atoms with Crippen molar-refractivity contribution in [1.82, 2.24) is 15.4 Å². The quantitative estimate of drug-likeness (QED) is 0.564. The minimum atomic E-state index is -3.70. The summed E-state index contributed by atoms with van der Waals surface area (Å²) < 4.78 is 30.6. The lowest BCUT2D eigenvalue weighted by Crippen LogP contribution is -2.39. The monoisotopic (exact) mass is 343 g/mol. The molecule has 1 rings (SSSR count). The lowest BCUT2D eigenvalue weighted by molar-refractivity contribution is -0.148. The van der Waals surface area contributed by atoms with Crippen molar-refractivity contribution >= 4 is 27.9 Å². The average molecular weight is 343 g/mol. The minimum absolute atomic E-state index is 0.0818. The molecule has 0 fully saturated rings. The van der Waals surface area contributed by atoms with Gasteiger partial charge in [-0.15, -0.1) is 0 Å². The molecule has 0 aliphatic heterocycles. The molecule has 0 spiro atoms. The molecule has 0 saturated heterocycles. The maximum Gasteiger partial charge on any atom is 0.321 e. The fourth-order valence-corrected chi connectivity index (χ4v) is 2.47. The molecule has 0 aliphatic rings. The van der Waals surface area contributed by atoms with Crippen molar-refractivity contribution in [3.05, 3.63) is 30.3 Å². The highest BCUT2D eigenvalue weighted by atomic mass is 32.2. The molecule has 3 amide bonds. The fourth-order valence-electron chi connectivity index (χ4n) is 1.41. The Bertz CT molecular complexity index is 660. The van der Waals surface area contributed by atoms with Crippen LogP contribution in [0.1, 0.15) is 6.42 Å². The van der Waals surface area contributed by atoms with Crippen LogP contribution < -0.4 is 15.4 Å². The molecule has 9 nitrogen and oxygen atoms in total. The predicted octanol–water partition coefficient (Wildman–Crippen LogP) is -0.646. The molecule has 126 valence electrons. The summed E-state index contributed by atoms with van der Waals surface area (Å²) in [6.07, 6.45) is -0.251. The van der Waals surface area contributed by atoms with Crippen molar-refractivity contribution in [3.8, 4) is 0 Å². The van der Waals surface area contributed by atoms with Gasteiger partial charge in [-0.05, 0) is 12.1 Å². The summed E-state index contributed by atoms with van der Waals surface area (Å²) in [4.78, 5) is 33.5. The van der Waals surface area contributed by atoms with E-state index in [2.05, 4.69) is 14.8 Å². The zero-order valence-corrected chi connectivity index (χ0v) is 13.2. The summed E-state index contributed by atoms with van der Waals surface area (Å²) in [6.45, 7) is -0.801. The van der Waals surface area contributed by atoms with Crippen LogP contribution in [0, 0.1) is 0 Å². The van der Waals surface area contributed by atoms with Crippen LogP contribution in [0.5, 0.6) is 0 Å². The molecule has 0 aliphatic carbocycles. The topological polar surface area (TPSA) is 131 Å². The summed E-state index contributed by atoms with van der Waals surface area (Å²) in [5, 5.41) is 4.07. The zero-order chi connectivity index (χ0) is 17.3. The fraction of sp³-hybridized carbons (Fsp3) is 0.308. The largest absolute Gasteiger partial charge is 0.456 e. The first kappa shape index (κ1) is 18.6. The molecule has 0 radical (unpaired) electrons. The van der Waals surface area contributed by atoms with Crippen molar-refractivity contribution in [1.29, 1.82) is 0 Å². The first-order valence-electron chi connectivity index (χ1n) is 6.57. The molecule has 3 N–H and O–H groups in total. The molecule has 0 unspecified atom stereocenters. The summed E-state index contributed by atoms with van der Waals surface area (Å²) >= 11 is 0. The number of imide groups is 1. The zero-order valence-electron chi connectivity index (χ0n) is 12.4. The number of benzene rings is 1. The van der Waals surface area contributed by atoms with Gasteiger partial charge in [0.15, 0.2) is 6.61 Å². The Morgan fingerprint density at radius 2 is 1.78 bits per heavy atom. The number of carbonyl (C=O) groups excluding carboxylic acids is 3. The van der Waals surface area contributed by atoms with Crippen molar-refractivity contribution in [2.24, 2.45) is 0 Å². The second-order valence-electron chi connectivity index (χ2n) is 4.25. The highest BCUT2D eigenvalue weighted by Crippen LogP contribution is 2.06. The third kappa shape index (κ3) is 6.89. The van der Waals surface area contributed by atoms with Gasteiger partial charge in [-0.3, -0.25) is 14.9 Å². The molecule has 1 aromatic rings. The van der Waals surface area contributed by atoms with Gasteiger partial charge in [0.05, 0.1) is 11.3 Å². The average Bonchev–Trinajstić information content (AvgIpc) is 2.53. The Kier molecular flexibility index (Phi) is 7.16. The minimum Gasteiger partial charge on any atom is -0.456 e. The second kappa shape index (κ2) is 8.86. The Labute approximate surface area is 133 Å². The first-order chi connectivity index (χ1) is 10.8. The van der Waals surface area contributed by atoms with E-state index in [0.29, 0.717) is 0 Å². The van der Waals surface area contributed by atoms with Crippen molar-refractivity contribution in [2.45, 2.75) is 11.3 Å². The summed E-state index contributed by atoms with van der Waals surface area (Å²) in [6, 6.07) is 6.96. The van der Waals surface area contributed by atoms with Crippen molar-refractivity contribution < 1.29 is 27.5 Å². The number of ether oxygens (including phenoxy) is 1. The number of urea groups is 1. The van der Waals surface area contributed by atoms with E-state index in [0.717, 1.165) is 0 Å². The van der Waals surface area contributed by atoms with E-state index in [1.54, 1.807) is 18.2 Å². The van der Waals surface area contributed by atoms with E-state index >= 15 is 0 Å². The highest BCUT2D eigenvalue weighted by molar-refractivity contribution is 7.89. The number of esters is 1. The van der Waals surface area contributed by atoms with Crippen LogP contribution in [0.3, 0.4) is 0 Å².